The lowest BCUT2D eigenvalue weighted by atomic mass is 10.4. The topological polar surface area (TPSA) is 22.4 Å². The molecule has 0 amide bonds. The fraction of sp³-hybridized carbons (Fsp3) is 0.333. The molecule has 0 aromatic carbocycles. The van der Waals surface area contributed by atoms with Crippen molar-refractivity contribution in [2.24, 2.45) is 0 Å². The van der Waals surface area contributed by atoms with Crippen molar-refractivity contribution < 1.29 is 9.15 Å². The molecule has 0 bridgehead atoms. The van der Waals surface area contributed by atoms with Gasteiger partial charge in [-0.25, -0.2) is 0 Å². The molecular formula is C9H14O2. The van der Waals surface area contributed by atoms with Gasteiger partial charge in [0.1, 0.15) is 5.76 Å². The Balaban J connectivity index is 0.000000461. The van der Waals surface area contributed by atoms with E-state index in [1.54, 1.807) is 12.3 Å². The summed E-state index contributed by atoms with van der Waals surface area (Å²) in [6.07, 6.45) is 2.95. The van der Waals surface area contributed by atoms with Gasteiger partial charge in [-0.1, -0.05) is 20.4 Å². The van der Waals surface area contributed by atoms with Crippen molar-refractivity contribution in [3.05, 3.63) is 30.9 Å². The van der Waals surface area contributed by atoms with Gasteiger partial charge in [-0.2, -0.15) is 0 Å². The first-order valence-corrected chi connectivity index (χ1v) is 3.66. The lowest BCUT2D eigenvalue weighted by molar-refractivity contribution is 0.451. The Labute approximate surface area is 67.5 Å². The Bertz CT molecular complexity index is 201. The van der Waals surface area contributed by atoms with Gasteiger partial charge in [0, 0.05) is 6.07 Å². The molecule has 0 fully saturated rings. The van der Waals surface area contributed by atoms with Gasteiger partial charge in [-0.05, 0) is 6.92 Å². The van der Waals surface area contributed by atoms with Gasteiger partial charge < -0.3 is 9.15 Å². The highest BCUT2D eigenvalue weighted by Gasteiger charge is 1.97. The number of rotatable bonds is 2. The largest absolute Gasteiger partial charge is 0.466 e. The maximum atomic E-state index is 4.95. The molecule has 0 spiro atoms. The molecular weight excluding hydrogens is 140 g/mol. The predicted octanol–water partition coefficient (Wildman–Crippen LogP) is 3.14. The lowest BCUT2D eigenvalue weighted by Crippen LogP contribution is -1.77. The summed E-state index contributed by atoms with van der Waals surface area (Å²) in [5.41, 5.74) is 0. The molecule has 0 saturated carbocycles. The van der Waals surface area contributed by atoms with Crippen molar-refractivity contribution in [2.75, 3.05) is 0 Å². The van der Waals surface area contributed by atoms with Crippen LogP contribution in [-0.2, 0) is 0 Å². The van der Waals surface area contributed by atoms with E-state index < -0.39 is 0 Å². The minimum atomic E-state index is 0.727. The summed E-state index contributed by atoms with van der Waals surface area (Å²) >= 11 is 0. The van der Waals surface area contributed by atoms with Crippen molar-refractivity contribution >= 4 is 0 Å². The number of ether oxygens (including phenoxy) is 1. The van der Waals surface area contributed by atoms with Crippen molar-refractivity contribution in [1.82, 2.24) is 0 Å². The first-order chi connectivity index (χ1) is 5.34. The van der Waals surface area contributed by atoms with Crippen LogP contribution in [0.2, 0.25) is 0 Å². The van der Waals surface area contributed by atoms with Crippen LogP contribution in [0.3, 0.4) is 0 Å². The quantitative estimate of drug-likeness (QED) is 0.610. The molecule has 62 valence electrons. The Morgan fingerprint density at radius 2 is 2.18 bits per heavy atom. The molecule has 0 N–H and O–H groups in total. The molecule has 2 nitrogen and oxygen atoms in total. The number of hydrogen-bond donors (Lipinski definition) is 0. The van der Waals surface area contributed by atoms with Crippen LogP contribution in [0.5, 0.6) is 5.75 Å². The van der Waals surface area contributed by atoms with Crippen molar-refractivity contribution in [2.45, 2.75) is 20.8 Å². The first-order valence-electron chi connectivity index (χ1n) is 3.66. The summed E-state index contributed by atoms with van der Waals surface area (Å²) in [5, 5.41) is 0. The van der Waals surface area contributed by atoms with Crippen molar-refractivity contribution in [1.29, 1.82) is 0 Å². The van der Waals surface area contributed by atoms with Crippen LogP contribution < -0.4 is 4.74 Å². The molecule has 1 rings (SSSR count). The van der Waals surface area contributed by atoms with E-state index in [1.165, 1.54) is 6.26 Å². The van der Waals surface area contributed by atoms with E-state index in [1.807, 2.05) is 20.8 Å². The molecule has 0 aliphatic rings. The third-order valence-electron chi connectivity index (χ3n) is 1.02. The fourth-order valence-corrected chi connectivity index (χ4v) is 0.585. The summed E-state index contributed by atoms with van der Waals surface area (Å²) < 4.78 is 9.89. The number of aryl methyl sites for hydroxylation is 1. The van der Waals surface area contributed by atoms with Gasteiger partial charge in [0.2, 0.25) is 0 Å². The van der Waals surface area contributed by atoms with E-state index in [2.05, 4.69) is 6.58 Å². The van der Waals surface area contributed by atoms with Crippen LogP contribution in [0.25, 0.3) is 0 Å². The summed E-state index contributed by atoms with van der Waals surface area (Å²) in [4.78, 5) is 0. The predicted molar refractivity (Wildman–Crippen MR) is 45.6 cm³/mol. The van der Waals surface area contributed by atoms with Gasteiger partial charge in [-0.3, -0.25) is 0 Å². The molecule has 0 saturated heterocycles. The average Bonchev–Trinajstić information content (AvgIpc) is 2.42. The second kappa shape index (κ2) is 5.59. The summed E-state index contributed by atoms with van der Waals surface area (Å²) in [5.74, 6) is 1.50. The van der Waals surface area contributed by atoms with Gasteiger partial charge in [0.15, 0.2) is 5.75 Å². The van der Waals surface area contributed by atoms with Gasteiger partial charge >= 0.3 is 0 Å². The monoisotopic (exact) mass is 154 g/mol. The summed E-state index contributed by atoms with van der Waals surface area (Å²) in [7, 11) is 0. The zero-order chi connectivity index (χ0) is 8.69. The molecule has 1 aromatic heterocycles. The van der Waals surface area contributed by atoms with E-state index in [4.69, 9.17) is 9.15 Å². The van der Waals surface area contributed by atoms with Gasteiger partial charge in [0.25, 0.3) is 0 Å². The molecule has 1 heterocycles. The molecule has 0 atom stereocenters. The minimum absolute atomic E-state index is 0.727. The highest BCUT2D eigenvalue weighted by Crippen LogP contribution is 2.17. The zero-order valence-electron chi connectivity index (χ0n) is 7.26. The molecule has 0 aliphatic carbocycles. The Morgan fingerprint density at radius 3 is 2.55 bits per heavy atom. The van der Waals surface area contributed by atoms with Crippen molar-refractivity contribution in [3.8, 4) is 5.75 Å². The van der Waals surface area contributed by atoms with E-state index in [-0.39, 0.29) is 0 Å². The molecule has 0 radical (unpaired) electrons. The molecule has 0 unspecified atom stereocenters. The van der Waals surface area contributed by atoms with Gasteiger partial charge in [0.05, 0.1) is 12.5 Å². The Kier molecular flexibility index (Phi) is 4.99. The average molecular weight is 154 g/mol. The second-order valence-corrected chi connectivity index (χ2v) is 1.63. The second-order valence-electron chi connectivity index (χ2n) is 1.63. The van der Waals surface area contributed by atoms with Crippen LogP contribution in [0.15, 0.2) is 29.6 Å². The first kappa shape index (κ1) is 9.82. The standard InChI is InChI=1S/C7H8O2.C2H6/c1-3-8-7-4-5-9-6(7)2;1-2/h3-5H,1H2,2H3;1-2H3. The van der Waals surface area contributed by atoms with E-state index in [0.29, 0.717) is 0 Å². The zero-order valence-corrected chi connectivity index (χ0v) is 7.26. The van der Waals surface area contributed by atoms with Crippen LogP contribution in [0.1, 0.15) is 19.6 Å². The van der Waals surface area contributed by atoms with Crippen LogP contribution in [-0.4, -0.2) is 0 Å². The Morgan fingerprint density at radius 1 is 1.55 bits per heavy atom. The van der Waals surface area contributed by atoms with E-state index >= 15 is 0 Å². The summed E-state index contributed by atoms with van der Waals surface area (Å²) in [6, 6.07) is 1.75. The Hall–Kier alpha value is -1.18. The fourth-order valence-electron chi connectivity index (χ4n) is 0.585. The summed E-state index contributed by atoms with van der Waals surface area (Å²) in [6.45, 7) is 9.24. The molecule has 1 aromatic rings. The normalized spacial score (nSPS) is 7.91. The highest BCUT2D eigenvalue weighted by atomic mass is 16.5. The van der Waals surface area contributed by atoms with Crippen LogP contribution >= 0.6 is 0 Å². The highest BCUT2D eigenvalue weighted by molar-refractivity contribution is 5.23. The minimum Gasteiger partial charge on any atom is -0.466 e. The van der Waals surface area contributed by atoms with Gasteiger partial charge in [-0.15, -0.1) is 0 Å². The smallest absolute Gasteiger partial charge is 0.167 e. The number of hydrogen-bond acceptors (Lipinski definition) is 2. The lowest BCUT2D eigenvalue weighted by Gasteiger charge is -1.92. The van der Waals surface area contributed by atoms with E-state index in [9.17, 15) is 0 Å². The molecule has 0 aliphatic heterocycles. The maximum Gasteiger partial charge on any atom is 0.167 e. The number of furan rings is 1. The maximum absolute atomic E-state index is 4.95. The van der Waals surface area contributed by atoms with E-state index in [0.717, 1.165) is 11.5 Å². The third kappa shape index (κ3) is 2.94. The third-order valence-corrected chi connectivity index (χ3v) is 1.02. The molecule has 11 heavy (non-hydrogen) atoms. The van der Waals surface area contributed by atoms with Crippen molar-refractivity contribution in [3.63, 3.8) is 0 Å². The van der Waals surface area contributed by atoms with Crippen LogP contribution in [0.4, 0.5) is 0 Å². The molecule has 2 heteroatoms. The SMILES string of the molecule is C=COc1ccoc1C.CC. The van der Waals surface area contributed by atoms with Crippen LogP contribution in [0, 0.1) is 6.92 Å².